The number of anilines is 1. The van der Waals surface area contributed by atoms with Gasteiger partial charge in [0.25, 0.3) is 5.56 Å². The smallest absolute Gasteiger partial charge is 0.416 e. The van der Waals surface area contributed by atoms with Gasteiger partial charge in [-0.1, -0.05) is 18.2 Å². The Morgan fingerprint density at radius 3 is 2.56 bits per heavy atom. The Morgan fingerprint density at radius 1 is 1.15 bits per heavy atom. The molecule has 1 saturated heterocycles. The first-order chi connectivity index (χ1) is 18.5. The van der Waals surface area contributed by atoms with E-state index in [1.807, 2.05) is 4.90 Å². The predicted molar refractivity (Wildman–Crippen MR) is 138 cm³/mol. The van der Waals surface area contributed by atoms with E-state index in [0.29, 0.717) is 47.1 Å². The van der Waals surface area contributed by atoms with Crippen LogP contribution in [0.2, 0.25) is 5.15 Å². The molecule has 202 valence electrons. The molecule has 0 N–H and O–H groups in total. The summed E-state index contributed by atoms with van der Waals surface area (Å²) in [7, 11) is 1.64. The summed E-state index contributed by atoms with van der Waals surface area (Å²) in [4.78, 5) is 24.6. The number of nitrogens with zero attached hydrogens (tertiary/aromatic N) is 6. The van der Waals surface area contributed by atoms with E-state index in [4.69, 9.17) is 16.3 Å². The summed E-state index contributed by atoms with van der Waals surface area (Å²) in [6.45, 7) is 4.82. The van der Waals surface area contributed by atoms with Crippen molar-refractivity contribution in [2.75, 3.05) is 25.0 Å². The third-order valence-electron chi connectivity index (χ3n) is 6.37. The van der Waals surface area contributed by atoms with Crippen molar-refractivity contribution in [3.05, 3.63) is 99.2 Å². The Bertz CT molecular complexity index is 1550. The fraction of sp³-hybridized carbons (Fsp3) is 0.231. The lowest BCUT2D eigenvalue weighted by atomic mass is 10.0. The van der Waals surface area contributed by atoms with Gasteiger partial charge in [-0.15, -0.1) is 0 Å². The number of likely N-dealkylation sites (N-methyl/N-ethyl adjacent to an activating group) is 1. The van der Waals surface area contributed by atoms with Gasteiger partial charge in [0.15, 0.2) is 0 Å². The van der Waals surface area contributed by atoms with E-state index < -0.39 is 23.1 Å². The predicted octanol–water partition coefficient (Wildman–Crippen LogP) is 4.62. The van der Waals surface area contributed by atoms with Crippen LogP contribution in [0.3, 0.4) is 0 Å². The van der Waals surface area contributed by atoms with Gasteiger partial charge < -0.3 is 14.5 Å². The Labute approximate surface area is 225 Å². The maximum Gasteiger partial charge on any atom is 0.416 e. The molecule has 1 aromatic carbocycles. The quantitative estimate of drug-likeness (QED) is 0.324. The number of pyridine rings is 1. The van der Waals surface area contributed by atoms with Gasteiger partial charge in [0.2, 0.25) is 0 Å². The van der Waals surface area contributed by atoms with Gasteiger partial charge in [-0.2, -0.15) is 18.3 Å². The summed E-state index contributed by atoms with van der Waals surface area (Å²) in [6, 6.07) is 7.01. The van der Waals surface area contributed by atoms with Gasteiger partial charge in [0.05, 0.1) is 66.6 Å². The fourth-order valence-electron chi connectivity index (χ4n) is 4.13. The molecule has 5 rings (SSSR count). The zero-order valence-electron chi connectivity index (χ0n) is 20.5. The summed E-state index contributed by atoms with van der Waals surface area (Å²) >= 11 is 5.79. The second-order valence-electron chi connectivity index (χ2n) is 8.97. The zero-order valence-corrected chi connectivity index (χ0v) is 21.2. The molecule has 3 aromatic rings. The van der Waals surface area contributed by atoms with Gasteiger partial charge in [-0.25, -0.2) is 14.1 Å². The Balaban J connectivity index is 1.35. The molecule has 1 fully saturated rings. The van der Waals surface area contributed by atoms with Gasteiger partial charge in [-0.05, 0) is 30.3 Å². The van der Waals surface area contributed by atoms with Crippen LogP contribution in [0.25, 0.3) is 5.70 Å². The number of halogens is 5. The van der Waals surface area contributed by atoms with Crippen LogP contribution in [-0.2, 0) is 12.7 Å². The Kier molecular flexibility index (Phi) is 6.89. The largest absolute Gasteiger partial charge is 0.485 e. The van der Waals surface area contributed by atoms with E-state index in [2.05, 4.69) is 21.7 Å². The molecule has 2 aromatic heterocycles. The van der Waals surface area contributed by atoms with Crippen LogP contribution in [-0.4, -0.2) is 52.1 Å². The number of aromatic nitrogens is 3. The van der Waals surface area contributed by atoms with E-state index in [-0.39, 0.29) is 23.9 Å². The van der Waals surface area contributed by atoms with Crippen molar-refractivity contribution in [1.82, 2.24) is 19.7 Å². The summed E-state index contributed by atoms with van der Waals surface area (Å²) in [5.41, 5.74) is -0.194. The summed E-state index contributed by atoms with van der Waals surface area (Å²) in [6.07, 6.45) is -0.346. The van der Waals surface area contributed by atoms with Crippen LogP contribution in [0.5, 0.6) is 5.75 Å². The number of allylic oxidation sites excluding steroid dienone is 2. The summed E-state index contributed by atoms with van der Waals surface area (Å²) in [5, 5.41) is 4.63. The highest BCUT2D eigenvalue weighted by atomic mass is 35.5. The fourth-order valence-corrected chi connectivity index (χ4v) is 4.24. The molecule has 0 unspecified atom stereocenters. The molecule has 13 heteroatoms. The van der Waals surface area contributed by atoms with E-state index in [1.54, 1.807) is 24.1 Å². The van der Waals surface area contributed by atoms with Crippen molar-refractivity contribution >= 4 is 29.2 Å². The highest BCUT2D eigenvalue weighted by Gasteiger charge is 2.32. The van der Waals surface area contributed by atoms with Crippen molar-refractivity contribution in [3.8, 4) is 5.75 Å². The molecule has 2 aliphatic heterocycles. The molecule has 39 heavy (non-hydrogen) atoms. The van der Waals surface area contributed by atoms with Crippen molar-refractivity contribution < 1.29 is 22.3 Å². The first-order valence-electron chi connectivity index (χ1n) is 11.7. The number of hydrogen-bond acceptors (Lipinski definition) is 7. The molecule has 0 atom stereocenters. The second kappa shape index (κ2) is 10.2. The van der Waals surface area contributed by atoms with Crippen LogP contribution < -0.4 is 15.2 Å². The van der Waals surface area contributed by atoms with Crippen molar-refractivity contribution in [3.63, 3.8) is 0 Å². The lowest BCUT2D eigenvalue weighted by Gasteiger charge is -2.40. The van der Waals surface area contributed by atoms with Crippen LogP contribution in [0, 0.1) is 5.82 Å². The summed E-state index contributed by atoms with van der Waals surface area (Å²) < 4.78 is 60.9. The molecule has 8 nitrogen and oxygen atoms in total. The van der Waals surface area contributed by atoms with Crippen LogP contribution >= 0.6 is 11.6 Å². The Morgan fingerprint density at radius 2 is 1.92 bits per heavy atom. The standard InChI is InChI=1S/C26H21ClF4N6O2/c1-15-9-33-25(20-5-3-16(7-21(20)28)26(29,30)31)22(35(15)2)14-37-24(38)8-17(10-34-37)36-12-19(13-36)39-18-4-6-23(27)32-11-18/h3-11,19H,1,12-14H2,2H3. The normalized spacial score (nSPS) is 16.1. The molecule has 0 spiro atoms. The molecular formula is C26H21ClF4N6O2. The molecule has 0 amide bonds. The van der Waals surface area contributed by atoms with E-state index in [0.717, 1.165) is 12.1 Å². The number of alkyl halides is 3. The lowest BCUT2D eigenvalue weighted by Crippen LogP contribution is -2.54. The minimum Gasteiger partial charge on any atom is -0.485 e. The summed E-state index contributed by atoms with van der Waals surface area (Å²) in [5.74, 6) is -0.498. The number of rotatable bonds is 6. The topological polar surface area (TPSA) is 75.9 Å². The molecule has 2 aliphatic rings. The maximum absolute atomic E-state index is 14.8. The molecule has 0 bridgehead atoms. The van der Waals surface area contributed by atoms with Crippen molar-refractivity contribution in [2.45, 2.75) is 18.8 Å². The van der Waals surface area contributed by atoms with Crippen LogP contribution in [0.4, 0.5) is 23.2 Å². The van der Waals surface area contributed by atoms with Crippen LogP contribution in [0.1, 0.15) is 11.1 Å². The lowest BCUT2D eigenvalue weighted by molar-refractivity contribution is -0.137. The van der Waals surface area contributed by atoms with Gasteiger partial charge in [-0.3, -0.25) is 9.79 Å². The van der Waals surface area contributed by atoms with Crippen molar-refractivity contribution in [2.24, 2.45) is 4.99 Å². The highest BCUT2D eigenvalue weighted by Crippen LogP contribution is 2.34. The highest BCUT2D eigenvalue weighted by molar-refractivity contribution is 6.29. The van der Waals surface area contributed by atoms with Gasteiger partial charge >= 0.3 is 6.18 Å². The minimum absolute atomic E-state index is 0.0772. The number of ether oxygens (including phenoxy) is 1. The third kappa shape index (κ3) is 5.51. The van der Waals surface area contributed by atoms with Crippen molar-refractivity contribution in [1.29, 1.82) is 0 Å². The molecule has 0 saturated carbocycles. The Hall–Kier alpha value is -4.19. The monoisotopic (exact) mass is 560 g/mol. The molecule has 0 radical (unpaired) electrons. The molecule has 4 heterocycles. The average molecular weight is 561 g/mol. The second-order valence-corrected chi connectivity index (χ2v) is 9.35. The number of aliphatic imine (C=N–C) groups is 1. The van der Waals surface area contributed by atoms with E-state index >= 15 is 0 Å². The van der Waals surface area contributed by atoms with Gasteiger partial charge in [0.1, 0.15) is 22.8 Å². The minimum atomic E-state index is -4.69. The average Bonchev–Trinajstić information content (AvgIpc) is 2.86. The maximum atomic E-state index is 14.8. The molecule has 0 aliphatic carbocycles. The first kappa shape index (κ1) is 26.4. The SMILES string of the molecule is C=C1C=NC(c2ccc(C(F)(F)F)cc2F)=C(Cn2ncc(N3CC(Oc4ccc(Cl)nc4)C3)cc2=O)N1C. The van der Waals surface area contributed by atoms with E-state index in [9.17, 15) is 22.4 Å². The number of hydrogen-bond donors (Lipinski definition) is 0. The van der Waals surface area contributed by atoms with Crippen LogP contribution in [0.15, 0.2) is 76.6 Å². The van der Waals surface area contributed by atoms with Gasteiger partial charge in [0, 0.05) is 18.7 Å². The molecular weight excluding hydrogens is 540 g/mol. The third-order valence-corrected chi connectivity index (χ3v) is 6.60. The van der Waals surface area contributed by atoms with E-state index in [1.165, 1.54) is 29.4 Å². The zero-order chi connectivity index (χ0) is 27.9. The number of benzene rings is 1. The first-order valence-corrected chi connectivity index (χ1v) is 12.0.